The van der Waals surface area contributed by atoms with Crippen LogP contribution >= 0.6 is 0 Å². The fourth-order valence-electron chi connectivity index (χ4n) is 9.28. The summed E-state index contributed by atoms with van der Waals surface area (Å²) in [6.45, 7) is 0.156. The van der Waals surface area contributed by atoms with Gasteiger partial charge in [0.1, 0.15) is 18.1 Å². The molecule has 80 heavy (non-hydrogen) atoms. The topological polar surface area (TPSA) is 412 Å². The van der Waals surface area contributed by atoms with Gasteiger partial charge < -0.3 is 56.8 Å². The summed E-state index contributed by atoms with van der Waals surface area (Å²) >= 11 is 0. The van der Waals surface area contributed by atoms with Crippen molar-refractivity contribution < 1.29 is 93.6 Å². The highest BCUT2D eigenvalue weighted by molar-refractivity contribution is 5.88. The molecule has 0 spiro atoms. The summed E-state index contributed by atoms with van der Waals surface area (Å²) in [5.74, 6) is -11.6. The van der Waals surface area contributed by atoms with Crippen LogP contribution in [0.15, 0.2) is 24.3 Å². The number of rotatable bonds is 29. The number of aryl methyl sites for hydroxylation is 1. The van der Waals surface area contributed by atoms with Crippen LogP contribution in [0.3, 0.4) is 0 Å². The number of aliphatic carboxylic acids is 8. The molecule has 0 bridgehead atoms. The van der Waals surface area contributed by atoms with E-state index < -0.39 is 116 Å². The van der Waals surface area contributed by atoms with Gasteiger partial charge in [0, 0.05) is 131 Å². The van der Waals surface area contributed by atoms with Crippen molar-refractivity contribution in [2.75, 3.05) is 151 Å². The molecule has 0 aromatic heterocycles. The highest BCUT2D eigenvalue weighted by Crippen LogP contribution is 2.14. The Bertz CT molecular complexity index is 2180. The Labute approximate surface area is 462 Å². The van der Waals surface area contributed by atoms with Gasteiger partial charge in [-0.2, -0.15) is 0 Å². The van der Waals surface area contributed by atoms with E-state index in [4.69, 9.17) is 0 Å². The summed E-state index contributed by atoms with van der Waals surface area (Å²) < 4.78 is 0. The Morgan fingerprint density at radius 2 is 0.713 bits per heavy atom. The SMILES string of the molecule is Cc1ccc(CNC(=O)[C@H](CCNC(=O)CCC(C(=O)O)N2CCN(CC(=O)O)CCN(CC(=O)O)CCN(CC(=O)O)CC2)NC(=O)CCC(C(=O)O)N2CCN(CC(=O)O)CCN(CC(=O)O)CCN(CC(=O)O)CC2)cc1. The summed E-state index contributed by atoms with van der Waals surface area (Å²) in [6, 6.07) is 3.34. The maximum absolute atomic E-state index is 13.8. The number of amides is 3. The molecule has 448 valence electrons. The van der Waals surface area contributed by atoms with Gasteiger partial charge in [0.25, 0.3) is 0 Å². The zero-order valence-corrected chi connectivity index (χ0v) is 45.2. The number of benzene rings is 1. The molecule has 30 nitrogen and oxygen atoms in total. The average molecular weight is 1140 g/mol. The van der Waals surface area contributed by atoms with Gasteiger partial charge in [-0.1, -0.05) is 29.8 Å². The van der Waals surface area contributed by atoms with Crippen LogP contribution < -0.4 is 16.0 Å². The highest BCUT2D eigenvalue weighted by atomic mass is 16.4. The van der Waals surface area contributed by atoms with Gasteiger partial charge in [-0.25, -0.2) is 0 Å². The molecule has 0 saturated carbocycles. The first-order chi connectivity index (χ1) is 37.9. The summed E-state index contributed by atoms with van der Waals surface area (Å²) in [5.41, 5.74) is 1.70. The first kappa shape index (κ1) is 67.3. The van der Waals surface area contributed by atoms with Crippen LogP contribution in [0, 0.1) is 6.92 Å². The Morgan fingerprint density at radius 3 is 1.01 bits per heavy atom. The lowest BCUT2D eigenvalue weighted by Crippen LogP contribution is -2.52. The van der Waals surface area contributed by atoms with Crippen molar-refractivity contribution >= 4 is 65.5 Å². The van der Waals surface area contributed by atoms with E-state index in [1.165, 1.54) is 29.4 Å². The molecule has 2 heterocycles. The number of hydrogen-bond acceptors (Lipinski definition) is 19. The number of carbonyl (C=O) groups excluding carboxylic acids is 3. The van der Waals surface area contributed by atoms with E-state index in [2.05, 4.69) is 16.0 Å². The lowest BCUT2D eigenvalue weighted by Gasteiger charge is -2.35. The second kappa shape index (κ2) is 35.6. The standard InChI is InChI=1S/C50H79N11O19/c1-35-2-4-36(5-3-35)28-52-48(76)37(53-41(63)9-7-39(50(79)80)61-26-22-58(33-46(72)73)18-14-55(30-43(66)67)15-19-59(23-27-61)34-47(74)75)10-11-51-40(62)8-6-38(49(77)78)60-24-20-56(31-44(68)69)16-12-54(29-42(64)65)13-17-57(21-25-60)32-45(70)71/h2-5,37-39H,6-34H2,1H3,(H,51,62)(H,52,76)(H,53,63)(H,64,65)(H,66,67)(H,68,69)(H,70,71)(H,72,73)(H,74,75)(H,77,78)(H,79,80)/t37-,38?,39?/m0/s1. The highest BCUT2D eigenvalue weighted by Gasteiger charge is 2.32. The third-order valence-electron chi connectivity index (χ3n) is 13.6. The summed E-state index contributed by atoms with van der Waals surface area (Å²) in [6.07, 6.45) is -1.50. The van der Waals surface area contributed by atoms with E-state index in [9.17, 15) is 93.6 Å². The molecule has 11 N–H and O–H groups in total. The Morgan fingerprint density at radius 1 is 0.412 bits per heavy atom. The fourth-order valence-corrected chi connectivity index (χ4v) is 9.28. The van der Waals surface area contributed by atoms with Crippen LogP contribution in [0.2, 0.25) is 0 Å². The molecule has 3 atom stereocenters. The zero-order chi connectivity index (χ0) is 59.3. The second-order valence-corrected chi connectivity index (χ2v) is 19.8. The molecule has 2 unspecified atom stereocenters. The smallest absolute Gasteiger partial charge is 0.320 e. The minimum absolute atomic E-state index is 0.0106. The molecule has 3 amide bonds. The molecular weight excluding hydrogens is 1060 g/mol. The number of carboxylic acid groups (broad SMARTS) is 8. The molecule has 1 aromatic rings. The van der Waals surface area contributed by atoms with Gasteiger partial charge in [0.2, 0.25) is 17.7 Å². The number of carboxylic acids is 8. The first-order valence-corrected chi connectivity index (χ1v) is 26.3. The third-order valence-corrected chi connectivity index (χ3v) is 13.6. The molecule has 30 heteroatoms. The van der Waals surface area contributed by atoms with Gasteiger partial charge in [0.15, 0.2) is 0 Å². The summed E-state index contributed by atoms with van der Waals surface area (Å²) in [4.78, 5) is 149. The minimum Gasteiger partial charge on any atom is -0.480 e. The summed E-state index contributed by atoms with van der Waals surface area (Å²) in [7, 11) is 0. The molecule has 0 radical (unpaired) electrons. The molecule has 0 aliphatic carbocycles. The average Bonchev–Trinajstić information content (AvgIpc) is 3.35. The lowest BCUT2D eigenvalue weighted by atomic mass is 10.1. The molecule has 3 rings (SSSR count). The monoisotopic (exact) mass is 1140 g/mol. The van der Waals surface area contributed by atoms with Crippen LogP contribution in [0.5, 0.6) is 0 Å². The number of carbonyl (C=O) groups is 11. The molecule has 2 aliphatic heterocycles. The van der Waals surface area contributed by atoms with Gasteiger partial charge in [-0.05, 0) is 31.7 Å². The first-order valence-electron chi connectivity index (χ1n) is 26.3. The van der Waals surface area contributed by atoms with Crippen molar-refractivity contribution in [2.45, 2.75) is 63.7 Å². The van der Waals surface area contributed by atoms with Crippen molar-refractivity contribution in [3.63, 3.8) is 0 Å². The quantitative estimate of drug-likeness (QED) is 0.0364. The lowest BCUT2D eigenvalue weighted by molar-refractivity contribution is -0.145. The molecule has 2 fully saturated rings. The van der Waals surface area contributed by atoms with Crippen molar-refractivity contribution in [2.24, 2.45) is 0 Å². The van der Waals surface area contributed by atoms with E-state index in [0.29, 0.717) is 0 Å². The molecule has 1 aromatic carbocycles. The molecule has 2 aliphatic rings. The van der Waals surface area contributed by atoms with Gasteiger partial charge >= 0.3 is 47.8 Å². The predicted molar refractivity (Wildman–Crippen MR) is 281 cm³/mol. The van der Waals surface area contributed by atoms with E-state index in [1.807, 2.05) is 19.1 Å². The van der Waals surface area contributed by atoms with Gasteiger partial charge in [-0.3, -0.25) is 91.9 Å². The Balaban J connectivity index is 1.77. The van der Waals surface area contributed by atoms with Crippen molar-refractivity contribution in [3.05, 3.63) is 35.4 Å². The Kier molecular flexibility index (Phi) is 30.0. The minimum atomic E-state index is -1.35. The second-order valence-electron chi connectivity index (χ2n) is 19.8. The zero-order valence-electron chi connectivity index (χ0n) is 45.2. The fraction of sp³-hybridized carbons (Fsp3) is 0.660. The van der Waals surface area contributed by atoms with E-state index in [1.54, 1.807) is 21.9 Å². The van der Waals surface area contributed by atoms with Crippen LogP contribution in [0.25, 0.3) is 0 Å². The number of nitrogens with one attached hydrogen (secondary N) is 3. The number of hydrogen-bond donors (Lipinski definition) is 11. The van der Waals surface area contributed by atoms with Crippen LogP contribution in [-0.2, 0) is 59.3 Å². The molecule has 2 saturated heterocycles. The van der Waals surface area contributed by atoms with E-state index in [-0.39, 0.29) is 157 Å². The van der Waals surface area contributed by atoms with Crippen LogP contribution in [0.4, 0.5) is 0 Å². The van der Waals surface area contributed by atoms with Crippen molar-refractivity contribution in [3.8, 4) is 0 Å². The summed E-state index contributed by atoms with van der Waals surface area (Å²) in [5, 5.41) is 86.4. The van der Waals surface area contributed by atoms with Gasteiger partial charge in [0.05, 0.1) is 39.3 Å². The predicted octanol–water partition coefficient (Wildman–Crippen LogP) is -3.98. The largest absolute Gasteiger partial charge is 0.480 e. The Hall–Kier alpha value is -6.93. The van der Waals surface area contributed by atoms with Crippen molar-refractivity contribution in [1.29, 1.82) is 0 Å². The molecular formula is C50H79N11O19. The maximum Gasteiger partial charge on any atom is 0.320 e. The van der Waals surface area contributed by atoms with Crippen LogP contribution in [-0.4, -0.2) is 314 Å². The normalized spacial score (nSPS) is 18.3. The van der Waals surface area contributed by atoms with E-state index in [0.717, 1.165) is 11.1 Å². The van der Waals surface area contributed by atoms with Crippen LogP contribution in [0.1, 0.15) is 43.2 Å². The van der Waals surface area contributed by atoms with Crippen molar-refractivity contribution in [1.82, 2.24) is 55.1 Å². The number of nitrogens with zero attached hydrogens (tertiary/aromatic N) is 8. The van der Waals surface area contributed by atoms with E-state index >= 15 is 0 Å². The third kappa shape index (κ3) is 27.8. The maximum atomic E-state index is 13.8. The van der Waals surface area contributed by atoms with Gasteiger partial charge in [-0.15, -0.1) is 0 Å².